The van der Waals surface area contributed by atoms with Crippen molar-refractivity contribution in [1.82, 2.24) is 9.71 Å². The number of aromatic nitrogens is 1. The van der Waals surface area contributed by atoms with Gasteiger partial charge in [0.25, 0.3) is 10.0 Å². The van der Waals surface area contributed by atoms with Crippen LogP contribution in [0.5, 0.6) is 11.5 Å². The highest BCUT2D eigenvalue weighted by molar-refractivity contribution is 7.90. The highest BCUT2D eigenvalue weighted by Gasteiger charge is 2.29. The molecule has 3 aromatic rings. The monoisotopic (exact) mass is 428 g/mol. The van der Waals surface area contributed by atoms with Crippen LogP contribution in [0.1, 0.15) is 11.1 Å². The van der Waals surface area contributed by atoms with Crippen molar-refractivity contribution >= 4 is 33.3 Å². The van der Waals surface area contributed by atoms with Crippen molar-refractivity contribution in [2.45, 2.75) is 18.4 Å². The molecular formula is C20H17ClN4O3S. The number of nitrogens with one attached hydrogen (secondary N) is 2. The predicted octanol–water partition coefficient (Wildman–Crippen LogP) is 4.10. The number of anilines is 1. The van der Waals surface area contributed by atoms with Gasteiger partial charge < -0.3 is 10.1 Å². The molecule has 0 atom stereocenters. The summed E-state index contributed by atoms with van der Waals surface area (Å²) in [7, 11) is -3.80. The molecule has 9 heteroatoms. The van der Waals surface area contributed by atoms with E-state index in [0.29, 0.717) is 22.2 Å². The van der Waals surface area contributed by atoms with Crippen molar-refractivity contribution < 1.29 is 13.2 Å². The largest absolute Gasteiger partial charge is 0.454 e. The standard InChI is InChI=1S/C20H17ClN4O3S/c1-13-9-10-22-11-14(13)12-23-20-24-19-17(28-16-6-3-2-5-15(16)21)7-4-8-18(19)29(26,27)25-20/h2-11H,12H2,1H3,(H2,23,24,25). The van der Waals surface area contributed by atoms with Crippen LogP contribution >= 0.6 is 11.6 Å². The van der Waals surface area contributed by atoms with E-state index in [2.05, 4.69) is 20.0 Å². The minimum absolute atomic E-state index is 0.0681. The number of guanidine groups is 1. The number of fused-ring (bicyclic) bond motifs is 1. The van der Waals surface area contributed by atoms with E-state index in [4.69, 9.17) is 16.3 Å². The van der Waals surface area contributed by atoms with Gasteiger partial charge in [0.1, 0.15) is 16.3 Å². The Morgan fingerprint density at radius 1 is 1.10 bits per heavy atom. The normalized spacial score (nSPS) is 15.9. The highest BCUT2D eigenvalue weighted by atomic mass is 35.5. The molecule has 0 saturated carbocycles. The fraction of sp³-hybridized carbons (Fsp3) is 0.100. The Balaban J connectivity index is 1.69. The lowest BCUT2D eigenvalue weighted by Crippen LogP contribution is -2.40. The molecule has 7 nitrogen and oxygen atoms in total. The van der Waals surface area contributed by atoms with Crippen LogP contribution in [0.2, 0.25) is 5.02 Å². The zero-order valence-electron chi connectivity index (χ0n) is 15.4. The summed E-state index contributed by atoms with van der Waals surface area (Å²) in [4.78, 5) is 8.52. The second kappa shape index (κ2) is 7.73. The third kappa shape index (κ3) is 4.03. The van der Waals surface area contributed by atoms with E-state index < -0.39 is 10.0 Å². The van der Waals surface area contributed by atoms with Crippen molar-refractivity contribution in [1.29, 1.82) is 0 Å². The molecule has 0 spiro atoms. The summed E-state index contributed by atoms with van der Waals surface area (Å²) in [5, 5.41) is 3.44. The van der Waals surface area contributed by atoms with E-state index in [-0.39, 0.29) is 17.4 Å². The fourth-order valence-electron chi connectivity index (χ4n) is 2.81. The van der Waals surface area contributed by atoms with Gasteiger partial charge >= 0.3 is 0 Å². The van der Waals surface area contributed by atoms with Crippen LogP contribution in [0, 0.1) is 6.92 Å². The number of hydrogen-bond donors (Lipinski definition) is 2. The van der Waals surface area contributed by atoms with E-state index in [1.165, 1.54) is 6.07 Å². The van der Waals surface area contributed by atoms with Crippen LogP contribution in [-0.2, 0) is 16.6 Å². The second-order valence-corrected chi connectivity index (χ2v) is 8.42. The molecule has 0 bridgehead atoms. The fourth-order valence-corrected chi connectivity index (χ4v) is 4.15. The third-order valence-corrected chi connectivity index (χ3v) is 6.06. The molecule has 1 aliphatic rings. The summed E-state index contributed by atoms with van der Waals surface area (Å²) < 4.78 is 33.7. The van der Waals surface area contributed by atoms with Crippen LogP contribution in [0.15, 0.2) is 70.8 Å². The van der Waals surface area contributed by atoms with Crippen LogP contribution < -0.4 is 14.8 Å². The Morgan fingerprint density at radius 3 is 2.69 bits per heavy atom. The average Bonchev–Trinajstić information content (AvgIpc) is 2.69. The number of halogens is 1. The Hall–Kier alpha value is -3.10. The van der Waals surface area contributed by atoms with Gasteiger partial charge in [0, 0.05) is 12.4 Å². The van der Waals surface area contributed by atoms with E-state index >= 15 is 0 Å². The molecule has 0 fully saturated rings. The topological polar surface area (TPSA) is 92.7 Å². The SMILES string of the molecule is Cc1ccncc1CN=C1Nc2c(Oc3ccccc3Cl)cccc2S(=O)(=O)N1. The van der Waals surface area contributed by atoms with E-state index in [0.717, 1.165) is 11.1 Å². The van der Waals surface area contributed by atoms with Gasteiger partial charge in [-0.1, -0.05) is 29.8 Å². The Labute approximate surface area is 173 Å². The number of aliphatic imine (C=N–C) groups is 1. The molecule has 4 rings (SSSR count). The lowest BCUT2D eigenvalue weighted by molar-refractivity contribution is 0.483. The first kappa shape index (κ1) is 19.2. The summed E-state index contributed by atoms with van der Waals surface area (Å²) in [6.07, 6.45) is 3.40. The smallest absolute Gasteiger partial charge is 0.266 e. The quantitative estimate of drug-likeness (QED) is 0.652. The van der Waals surface area contributed by atoms with Gasteiger partial charge in [-0.2, -0.15) is 0 Å². The molecule has 0 unspecified atom stereocenters. The van der Waals surface area contributed by atoms with E-state index in [1.54, 1.807) is 48.8 Å². The van der Waals surface area contributed by atoms with Crippen molar-refractivity contribution in [3.63, 3.8) is 0 Å². The molecule has 1 aromatic heterocycles. The highest BCUT2D eigenvalue weighted by Crippen LogP contribution is 2.38. The van der Waals surface area contributed by atoms with Gasteiger partial charge in [0.05, 0.1) is 11.6 Å². The number of sulfonamides is 1. The molecule has 0 radical (unpaired) electrons. The lowest BCUT2D eigenvalue weighted by Gasteiger charge is -2.23. The first-order valence-corrected chi connectivity index (χ1v) is 10.6. The third-order valence-electron chi connectivity index (χ3n) is 4.36. The van der Waals surface area contributed by atoms with E-state index in [9.17, 15) is 8.42 Å². The molecule has 29 heavy (non-hydrogen) atoms. The lowest BCUT2D eigenvalue weighted by atomic mass is 10.2. The summed E-state index contributed by atoms with van der Waals surface area (Å²) in [5.74, 6) is 0.853. The van der Waals surface area contributed by atoms with Crippen molar-refractivity contribution in [2.75, 3.05) is 5.32 Å². The van der Waals surface area contributed by atoms with Crippen LogP contribution in [0.4, 0.5) is 5.69 Å². The molecule has 0 aliphatic carbocycles. The van der Waals surface area contributed by atoms with E-state index in [1.807, 2.05) is 13.0 Å². The first-order chi connectivity index (χ1) is 13.9. The molecule has 2 heterocycles. The molecule has 2 aromatic carbocycles. The van der Waals surface area contributed by atoms with Gasteiger partial charge in [-0.05, 0) is 48.4 Å². The second-order valence-electron chi connectivity index (χ2n) is 6.36. The van der Waals surface area contributed by atoms with Crippen molar-refractivity contribution in [2.24, 2.45) is 4.99 Å². The minimum Gasteiger partial charge on any atom is -0.454 e. The maximum Gasteiger partial charge on any atom is 0.266 e. The van der Waals surface area contributed by atoms with Crippen molar-refractivity contribution in [3.8, 4) is 11.5 Å². The van der Waals surface area contributed by atoms with Gasteiger partial charge in [-0.3, -0.25) is 4.98 Å². The van der Waals surface area contributed by atoms with Gasteiger partial charge in [0.2, 0.25) is 5.96 Å². The number of nitrogens with zero attached hydrogens (tertiary/aromatic N) is 2. The Bertz CT molecular complexity index is 1210. The number of para-hydroxylation sites is 2. The molecule has 0 saturated heterocycles. The molecule has 1 aliphatic heterocycles. The zero-order chi connectivity index (χ0) is 20.4. The van der Waals surface area contributed by atoms with Gasteiger partial charge in [-0.15, -0.1) is 0 Å². The summed E-state index contributed by atoms with van der Waals surface area (Å²) in [5.41, 5.74) is 2.21. The van der Waals surface area contributed by atoms with Crippen LogP contribution in [-0.4, -0.2) is 19.4 Å². The molecular weight excluding hydrogens is 412 g/mol. The van der Waals surface area contributed by atoms with Gasteiger partial charge in [-0.25, -0.2) is 18.1 Å². The number of ether oxygens (including phenoxy) is 1. The molecule has 0 amide bonds. The molecule has 148 valence electrons. The maximum absolute atomic E-state index is 12.7. The van der Waals surface area contributed by atoms with Crippen LogP contribution in [0.25, 0.3) is 0 Å². The molecule has 2 N–H and O–H groups in total. The number of pyridine rings is 1. The summed E-state index contributed by atoms with van der Waals surface area (Å²) in [6, 6.07) is 13.6. The van der Waals surface area contributed by atoms with Crippen molar-refractivity contribution in [3.05, 3.63) is 77.1 Å². The predicted molar refractivity (Wildman–Crippen MR) is 112 cm³/mol. The Kier molecular flexibility index (Phi) is 5.12. The van der Waals surface area contributed by atoms with Crippen LogP contribution in [0.3, 0.4) is 0 Å². The first-order valence-electron chi connectivity index (χ1n) is 8.73. The number of hydrogen-bond acceptors (Lipinski definition) is 5. The average molecular weight is 429 g/mol. The van der Waals surface area contributed by atoms with Gasteiger partial charge in [0.15, 0.2) is 5.75 Å². The number of aryl methyl sites for hydroxylation is 1. The summed E-state index contributed by atoms with van der Waals surface area (Å²) >= 11 is 6.17. The zero-order valence-corrected chi connectivity index (χ0v) is 17.0. The minimum atomic E-state index is -3.80. The Morgan fingerprint density at radius 2 is 1.90 bits per heavy atom. The number of rotatable bonds is 4. The maximum atomic E-state index is 12.7. The summed E-state index contributed by atoms with van der Waals surface area (Å²) in [6.45, 7) is 2.22. The number of benzene rings is 2.